The van der Waals surface area contributed by atoms with Crippen molar-refractivity contribution in [3.05, 3.63) is 107 Å². The molecule has 3 aromatic rings. The van der Waals surface area contributed by atoms with Crippen LogP contribution in [0.2, 0.25) is 0 Å². The molecule has 1 aliphatic heterocycles. The maximum absolute atomic E-state index is 13.5. The molecule has 0 bridgehead atoms. The van der Waals surface area contributed by atoms with Crippen LogP contribution in [0.4, 0.5) is 13.6 Å². The van der Waals surface area contributed by atoms with Crippen LogP contribution in [0.25, 0.3) is 0 Å². The topological polar surface area (TPSA) is 35.6 Å². The molecular weight excluding hydrogens is 408 g/mol. The summed E-state index contributed by atoms with van der Waals surface area (Å²) in [4.78, 5) is 16.7. The number of carbonyl (C=O) groups is 1. The zero-order chi connectivity index (χ0) is 22.5. The van der Waals surface area contributed by atoms with Gasteiger partial charge in [0.25, 0.3) is 0 Å². The minimum Gasteiger partial charge on any atom is -0.334 e. The fourth-order valence-corrected chi connectivity index (χ4v) is 4.20. The summed E-state index contributed by atoms with van der Waals surface area (Å²) in [5.74, 6) is -0.580. The van der Waals surface area contributed by atoms with Crippen molar-refractivity contribution >= 4 is 6.03 Å². The molecule has 6 heteroatoms. The molecule has 1 aliphatic rings. The van der Waals surface area contributed by atoms with Crippen LogP contribution in [0.15, 0.2) is 72.8 Å². The van der Waals surface area contributed by atoms with Crippen LogP contribution >= 0.6 is 0 Å². The first kappa shape index (κ1) is 22.0. The van der Waals surface area contributed by atoms with E-state index < -0.39 is 0 Å². The molecule has 166 valence electrons. The minimum absolute atomic E-state index is 0.0775. The Kier molecular flexibility index (Phi) is 6.81. The number of amides is 2. The lowest BCUT2D eigenvalue weighted by Gasteiger charge is -2.39. The first-order valence-corrected chi connectivity index (χ1v) is 10.8. The van der Waals surface area contributed by atoms with Crippen molar-refractivity contribution in [2.75, 3.05) is 26.2 Å². The van der Waals surface area contributed by atoms with Gasteiger partial charge in [-0.3, -0.25) is 4.90 Å². The molecule has 0 saturated carbocycles. The first-order valence-electron chi connectivity index (χ1n) is 10.8. The number of halogens is 2. The van der Waals surface area contributed by atoms with Crippen molar-refractivity contribution < 1.29 is 13.6 Å². The van der Waals surface area contributed by atoms with Crippen molar-refractivity contribution in [3.63, 3.8) is 0 Å². The summed E-state index contributed by atoms with van der Waals surface area (Å²) in [6.07, 6.45) is 0. The molecule has 1 N–H and O–H groups in total. The van der Waals surface area contributed by atoms with E-state index in [-0.39, 0.29) is 23.7 Å². The fraction of sp³-hybridized carbons (Fsp3) is 0.269. The van der Waals surface area contributed by atoms with Gasteiger partial charge in [-0.15, -0.1) is 0 Å². The monoisotopic (exact) mass is 435 g/mol. The number of piperazine rings is 1. The van der Waals surface area contributed by atoms with Crippen LogP contribution in [0.1, 0.15) is 28.3 Å². The average molecular weight is 436 g/mol. The second kappa shape index (κ2) is 9.92. The van der Waals surface area contributed by atoms with E-state index in [1.54, 1.807) is 24.3 Å². The highest BCUT2D eigenvalue weighted by Gasteiger charge is 2.28. The number of hydrogen-bond donors (Lipinski definition) is 1. The number of hydrogen-bond acceptors (Lipinski definition) is 2. The molecule has 0 spiro atoms. The molecule has 0 aliphatic carbocycles. The van der Waals surface area contributed by atoms with Crippen LogP contribution in [0.5, 0.6) is 0 Å². The number of aryl methyl sites for hydroxylation is 1. The molecule has 4 rings (SSSR count). The largest absolute Gasteiger partial charge is 0.334 e. The van der Waals surface area contributed by atoms with Gasteiger partial charge in [0.05, 0.1) is 6.04 Å². The molecule has 0 unspecified atom stereocenters. The summed E-state index contributed by atoms with van der Waals surface area (Å²) in [5.41, 5.74) is 4.12. The zero-order valence-corrected chi connectivity index (χ0v) is 18.1. The first-order chi connectivity index (χ1) is 15.5. The molecule has 1 heterocycles. The molecule has 3 aromatic carbocycles. The van der Waals surface area contributed by atoms with Gasteiger partial charge in [0.1, 0.15) is 11.6 Å². The van der Waals surface area contributed by atoms with Crippen molar-refractivity contribution in [2.24, 2.45) is 0 Å². The van der Waals surface area contributed by atoms with Crippen LogP contribution in [-0.4, -0.2) is 42.0 Å². The Bertz CT molecular complexity index is 1000. The minimum atomic E-state index is -0.290. The zero-order valence-electron chi connectivity index (χ0n) is 18.1. The number of rotatable bonds is 5. The van der Waals surface area contributed by atoms with Crippen molar-refractivity contribution in [1.82, 2.24) is 15.1 Å². The summed E-state index contributed by atoms with van der Waals surface area (Å²) in [6, 6.07) is 20.7. The van der Waals surface area contributed by atoms with Crippen molar-refractivity contribution in [1.29, 1.82) is 0 Å². The van der Waals surface area contributed by atoms with E-state index in [1.807, 2.05) is 30.0 Å². The van der Waals surface area contributed by atoms with Crippen LogP contribution < -0.4 is 5.32 Å². The number of carbonyl (C=O) groups excluding carboxylic acids is 1. The number of urea groups is 1. The van der Waals surface area contributed by atoms with Gasteiger partial charge >= 0.3 is 6.03 Å². The molecule has 1 fully saturated rings. The fourth-order valence-electron chi connectivity index (χ4n) is 4.20. The normalized spacial score (nSPS) is 14.6. The van der Waals surface area contributed by atoms with E-state index >= 15 is 0 Å². The van der Waals surface area contributed by atoms with Crippen LogP contribution in [-0.2, 0) is 6.54 Å². The van der Waals surface area contributed by atoms with Gasteiger partial charge in [0, 0.05) is 32.7 Å². The Morgan fingerprint density at radius 2 is 1.44 bits per heavy atom. The second-order valence-electron chi connectivity index (χ2n) is 8.18. The van der Waals surface area contributed by atoms with E-state index in [0.717, 1.165) is 22.3 Å². The molecule has 0 aromatic heterocycles. The van der Waals surface area contributed by atoms with E-state index in [2.05, 4.69) is 16.3 Å². The van der Waals surface area contributed by atoms with Gasteiger partial charge in [-0.2, -0.15) is 0 Å². The van der Waals surface area contributed by atoms with Gasteiger partial charge in [-0.1, -0.05) is 54.1 Å². The van der Waals surface area contributed by atoms with E-state index in [4.69, 9.17) is 0 Å². The van der Waals surface area contributed by atoms with Crippen LogP contribution in [0.3, 0.4) is 0 Å². The molecule has 4 nitrogen and oxygen atoms in total. The van der Waals surface area contributed by atoms with Gasteiger partial charge in [0.2, 0.25) is 0 Å². The summed E-state index contributed by atoms with van der Waals surface area (Å²) in [5, 5.41) is 3.00. The molecule has 0 radical (unpaired) electrons. The van der Waals surface area contributed by atoms with E-state index in [1.165, 1.54) is 24.3 Å². The van der Waals surface area contributed by atoms with Gasteiger partial charge in [-0.25, -0.2) is 13.6 Å². The maximum atomic E-state index is 13.5. The predicted molar refractivity (Wildman–Crippen MR) is 121 cm³/mol. The summed E-state index contributed by atoms with van der Waals surface area (Å²) in [6.45, 7) is 5.02. The average Bonchev–Trinajstić information content (AvgIpc) is 2.81. The lowest BCUT2D eigenvalue weighted by Crippen LogP contribution is -2.52. The standard InChI is InChI=1S/C26H27F2N3O/c1-19-3-2-4-20(17-19)18-29-26(32)31-15-13-30(14-16-31)25(21-5-9-23(27)10-6-21)22-7-11-24(28)12-8-22/h2-12,17,25H,13-16,18H2,1H3,(H,29,32). The predicted octanol–water partition coefficient (Wildman–Crippen LogP) is 4.89. The lowest BCUT2D eigenvalue weighted by atomic mass is 9.96. The van der Waals surface area contributed by atoms with E-state index in [9.17, 15) is 13.6 Å². The van der Waals surface area contributed by atoms with Gasteiger partial charge in [0.15, 0.2) is 0 Å². The number of benzene rings is 3. The number of nitrogens with zero attached hydrogens (tertiary/aromatic N) is 2. The maximum Gasteiger partial charge on any atom is 0.317 e. The van der Waals surface area contributed by atoms with Gasteiger partial charge in [-0.05, 0) is 47.9 Å². The lowest BCUT2D eigenvalue weighted by molar-refractivity contribution is 0.120. The Morgan fingerprint density at radius 3 is 1.97 bits per heavy atom. The van der Waals surface area contributed by atoms with E-state index in [0.29, 0.717) is 32.7 Å². The molecule has 0 atom stereocenters. The second-order valence-corrected chi connectivity index (χ2v) is 8.18. The number of nitrogens with one attached hydrogen (secondary N) is 1. The molecule has 1 saturated heterocycles. The van der Waals surface area contributed by atoms with Crippen molar-refractivity contribution in [3.8, 4) is 0 Å². The Balaban J connectivity index is 1.42. The highest BCUT2D eigenvalue weighted by Crippen LogP contribution is 2.30. The Labute approximate surface area is 187 Å². The van der Waals surface area contributed by atoms with Crippen LogP contribution in [0, 0.1) is 18.6 Å². The summed E-state index contributed by atoms with van der Waals surface area (Å²) >= 11 is 0. The Morgan fingerprint density at radius 1 is 0.875 bits per heavy atom. The molecular formula is C26H27F2N3O. The van der Waals surface area contributed by atoms with Crippen molar-refractivity contribution in [2.45, 2.75) is 19.5 Å². The third kappa shape index (κ3) is 5.32. The van der Waals surface area contributed by atoms with Gasteiger partial charge < -0.3 is 10.2 Å². The highest BCUT2D eigenvalue weighted by atomic mass is 19.1. The molecule has 32 heavy (non-hydrogen) atoms. The summed E-state index contributed by atoms with van der Waals surface area (Å²) < 4.78 is 27.0. The highest BCUT2D eigenvalue weighted by molar-refractivity contribution is 5.74. The SMILES string of the molecule is Cc1cccc(CNC(=O)N2CCN(C(c3ccc(F)cc3)c3ccc(F)cc3)CC2)c1. The Hall–Kier alpha value is -3.25. The summed E-state index contributed by atoms with van der Waals surface area (Å²) in [7, 11) is 0. The third-order valence-corrected chi connectivity index (χ3v) is 5.86. The third-order valence-electron chi connectivity index (χ3n) is 5.86. The smallest absolute Gasteiger partial charge is 0.317 e. The molecule has 2 amide bonds. The quantitative estimate of drug-likeness (QED) is 0.619.